The highest BCUT2D eigenvalue weighted by atomic mass is 16.2. The fourth-order valence-electron chi connectivity index (χ4n) is 1.80. The summed E-state index contributed by atoms with van der Waals surface area (Å²) in [6.45, 7) is 3.61. The molecule has 0 aliphatic rings. The summed E-state index contributed by atoms with van der Waals surface area (Å²) in [6.07, 6.45) is 1.74. The van der Waals surface area contributed by atoms with E-state index in [0.717, 1.165) is 6.54 Å². The summed E-state index contributed by atoms with van der Waals surface area (Å²) < 4.78 is 3.09. The molecule has 0 radical (unpaired) electrons. The average Bonchev–Trinajstić information content (AvgIpc) is 2.57. The zero-order valence-corrected chi connectivity index (χ0v) is 9.55. The fourth-order valence-corrected chi connectivity index (χ4v) is 1.80. The smallest absolute Gasteiger partial charge is 0.319 e. The fraction of sp³-hybridized carbons (Fsp3) is 0.455. The van der Waals surface area contributed by atoms with E-state index in [1.54, 1.807) is 10.6 Å². The second-order valence-corrected chi connectivity index (χ2v) is 4.06. The maximum atomic E-state index is 11.9. The first kappa shape index (κ1) is 10.9. The topological polar surface area (TPSA) is 51.3 Å². The molecule has 86 valence electrons. The van der Waals surface area contributed by atoms with Crippen molar-refractivity contribution in [3.8, 4) is 0 Å². The molecule has 0 bridgehead atoms. The molecule has 2 rings (SSSR count). The van der Waals surface area contributed by atoms with Gasteiger partial charge in [-0.05, 0) is 31.6 Å². The third kappa shape index (κ3) is 1.99. The molecule has 0 aromatic carbocycles. The van der Waals surface area contributed by atoms with E-state index in [1.807, 2.05) is 25.2 Å². The van der Waals surface area contributed by atoms with E-state index in [4.69, 9.17) is 0 Å². The lowest BCUT2D eigenvalue weighted by Crippen LogP contribution is -2.28. The first-order valence-corrected chi connectivity index (χ1v) is 5.41. The lowest BCUT2D eigenvalue weighted by atomic mass is 10.2. The van der Waals surface area contributed by atoms with Crippen LogP contribution in [0.2, 0.25) is 0 Å². The summed E-state index contributed by atoms with van der Waals surface area (Å²) in [6, 6.07) is 5.54. The van der Waals surface area contributed by atoms with Crippen molar-refractivity contribution in [1.82, 2.24) is 19.5 Å². The van der Waals surface area contributed by atoms with Crippen molar-refractivity contribution in [3.05, 3.63) is 34.9 Å². The molecule has 1 unspecified atom stereocenters. The van der Waals surface area contributed by atoms with Gasteiger partial charge in [0.25, 0.3) is 0 Å². The van der Waals surface area contributed by atoms with Gasteiger partial charge in [-0.15, -0.1) is 5.10 Å². The number of pyridine rings is 1. The van der Waals surface area contributed by atoms with Crippen LogP contribution in [0.5, 0.6) is 0 Å². The van der Waals surface area contributed by atoms with E-state index < -0.39 is 0 Å². The summed E-state index contributed by atoms with van der Waals surface area (Å²) in [5.41, 5.74) is 0.628. The number of nitrogens with zero attached hydrogens (tertiary/aromatic N) is 3. The molecular weight excluding hydrogens is 204 g/mol. The van der Waals surface area contributed by atoms with Gasteiger partial charge in [-0.3, -0.25) is 4.40 Å². The van der Waals surface area contributed by atoms with Crippen LogP contribution in [0.15, 0.2) is 29.2 Å². The number of hydrogen-bond donors (Lipinski definition) is 1. The summed E-state index contributed by atoms with van der Waals surface area (Å²) in [5, 5.41) is 7.36. The molecular formula is C11H16N4O. The van der Waals surface area contributed by atoms with E-state index in [2.05, 4.69) is 17.3 Å². The van der Waals surface area contributed by atoms with Crippen LogP contribution >= 0.6 is 0 Å². The molecule has 2 aromatic rings. The van der Waals surface area contributed by atoms with E-state index >= 15 is 0 Å². The predicted molar refractivity (Wildman–Crippen MR) is 62.5 cm³/mol. The second-order valence-electron chi connectivity index (χ2n) is 4.06. The minimum absolute atomic E-state index is 0.0708. The highest BCUT2D eigenvalue weighted by Gasteiger charge is 2.08. The molecule has 2 heterocycles. The van der Waals surface area contributed by atoms with Gasteiger partial charge in [0.05, 0.1) is 6.54 Å². The van der Waals surface area contributed by atoms with Gasteiger partial charge in [0.1, 0.15) is 0 Å². The quantitative estimate of drug-likeness (QED) is 0.809. The Morgan fingerprint density at radius 1 is 1.50 bits per heavy atom. The summed E-state index contributed by atoms with van der Waals surface area (Å²) in [7, 11) is 1.91. The van der Waals surface area contributed by atoms with Gasteiger partial charge in [-0.1, -0.05) is 13.0 Å². The van der Waals surface area contributed by atoms with Crippen LogP contribution in [0.25, 0.3) is 5.65 Å². The minimum Gasteiger partial charge on any atom is -0.319 e. The summed E-state index contributed by atoms with van der Waals surface area (Å²) >= 11 is 0. The molecule has 1 atom stereocenters. The largest absolute Gasteiger partial charge is 0.350 e. The highest BCUT2D eigenvalue weighted by molar-refractivity contribution is 5.35. The summed E-state index contributed by atoms with van der Waals surface area (Å²) in [4.78, 5) is 11.9. The Morgan fingerprint density at radius 3 is 3.00 bits per heavy atom. The highest BCUT2D eigenvalue weighted by Crippen LogP contribution is 1.99. The van der Waals surface area contributed by atoms with Gasteiger partial charge in [-0.2, -0.15) is 0 Å². The van der Waals surface area contributed by atoms with Crippen molar-refractivity contribution in [1.29, 1.82) is 0 Å². The Bertz CT molecular complexity index is 528. The number of aromatic nitrogens is 3. The van der Waals surface area contributed by atoms with Crippen LogP contribution in [-0.2, 0) is 6.54 Å². The van der Waals surface area contributed by atoms with Crippen molar-refractivity contribution in [3.63, 3.8) is 0 Å². The molecule has 0 saturated carbocycles. The molecule has 0 fully saturated rings. The monoisotopic (exact) mass is 220 g/mol. The van der Waals surface area contributed by atoms with Gasteiger partial charge in [0.15, 0.2) is 5.65 Å². The van der Waals surface area contributed by atoms with Gasteiger partial charge < -0.3 is 5.32 Å². The number of fused-ring (bicyclic) bond motifs is 1. The predicted octanol–water partition coefficient (Wildman–Crippen LogP) is 0.351. The van der Waals surface area contributed by atoms with Crippen LogP contribution < -0.4 is 11.0 Å². The Labute approximate surface area is 93.7 Å². The number of rotatable bonds is 4. The Morgan fingerprint density at radius 2 is 2.31 bits per heavy atom. The molecule has 0 spiro atoms. The zero-order chi connectivity index (χ0) is 11.5. The average molecular weight is 220 g/mol. The zero-order valence-electron chi connectivity index (χ0n) is 9.55. The van der Waals surface area contributed by atoms with E-state index in [-0.39, 0.29) is 5.69 Å². The van der Waals surface area contributed by atoms with E-state index in [9.17, 15) is 4.79 Å². The maximum Gasteiger partial charge on any atom is 0.350 e. The van der Waals surface area contributed by atoms with Crippen molar-refractivity contribution in [2.24, 2.45) is 5.92 Å². The molecule has 1 N–H and O–H groups in total. The van der Waals surface area contributed by atoms with Crippen LogP contribution in [0.3, 0.4) is 0 Å². The van der Waals surface area contributed by atoms with E-state index in [0.29, 0.717) is 18.1 Å². The first-order chi connectivity index (χ1) is 7.72. The summed E-state index contributed by atoms with van der Waals surface area (Å²) in [5.74, 6) is 0.382. The second kappa shape index (κ2) is 4.49. The van der Waals surface area contributed by atoms with Crippen LogP contribution in [0, 0.1) is 5.92 Å². The van der Waals surface area contributed by atoms with E-state index in [1.165, 1.54) is 4.68 Å². The van der Waals surface area contributed by atoms with Crippen molar-refractivity contribution in [2.45, 2.75) is 13.5 Å². The molecule has 0 amide bonds. The van der Waals surface area contributed by atoms with Gasteiger partial charge in [-0.25, -0.2) is 9.48 Å². The van der Waals surface area contributed by atoms with Crippen molar-refractivity contribution >= 4 is 5.65 Å². The Hall–Kier alpha value is -1.62. The van der Waals surface area contributed by atoms with Gasteiger partial charge in [0, 0.05) is 6.20 Å². The molecule has 16 heavy (non-hydrogen) atoms. The van der Waals surface area contributed by atoms with Crippen molar-refractivity contribution in [2.75, 3.05) is 13.6 Å². The molecule has 5 nitrogen and oxygen atoms in total. The standard InChI is InChI=1S/C11H16N4O/c1-9(7-12-2)8-15-11(16)14-6-4-3-5-10(14)13-15/h3-6,9,12H,7-8H2,1-2H3. The molecule has 5 heteroatoms. The lowest BCUT2D eigenvalue weighted by molar-refractivity contribution is 0.427. The van der Waals surface area contributed by atoms with Crippen LogP contribution in [0.1, 0.15) is 6.92 Å². The van der Waals surface area contributed by atoms with Gasteiger partial charge >= 0.3 is 5.69 Å². The van der Waals surface area contributed by atoms with Crippen LogP contribution in [0.4, 0.5) is 0 Å². The minimum atomic E-state index is -0.0708. The number of nitrogens with one attached hydrogen (secondary N) is 1. The Balaban J connectivity index is 2.31. The lowest BCUT2D eigenvalue weighted by Gasteiger charge is -2.08. The SMILES string of the molecule is CNCC(C)Cn1nc2ccccn2c1=O. The van der Waals surface area contributed by atoms with Gasteiger partial charge in [0.2, 0.25) is 0 Å². The van der Waals surface area contributed by atoms with Crippen molar-refractivity contribution < 1.29 is 0 Å². The first-order valence-electron chi connectivity index (χ1n) is 5.41. The number of hydrogen-bond acceptors (Lipinski definition) is 3. The molecule has 0 aliphatic heterocycles. The Kier molecular flexibility index (Phi) is 3.05. The normalized spacial score (nSPS) is 13.1. The maximum absolute atomic E-state index is 11.9. The third-order valence-electron chi connectivity index (χ3n) is 2.53. The molecule has 0 aliphatic carbocycles. The molecule has 0 saturated heterocycles. The third-order valence-corrected chi connectivity index (χ3v) is 2.53. The molecule has 2 aromatic heterocycles. The van der Waals surface area contributed by atoms with Crippen LogP contribution in [-0.4, -0.2) is 27.8 Å².